The third kappa shape index (κ3) is 7.37. The van der Waals surface area contributed by atoms with Crippen molar-refractivity contribution in [3.8, 4) is 11.5 Å². The molecule has 0 saturated carbocycles. The molecule has 1 aromatic rings. The van der Waals surface area contributed by atoms with Crippen LogP contribution in [-0.4, -0.2) is 58.5 Å². The third-order valence-corrected chi connectivity index (χ3v) is 5.59. The lowest BCUT2D eigenvalue weighted by molar-refractivity contribution is -0.137. The largest absolute Gasteiger partial charge is 0.508 e. The predicted molar refractivity (Wildman–Crippen MR) is 124 cm³/mol. The van der Waals surface area contributed by atoms with Crippen LogP contribution < -0.4 is 0 Å². The van der Waals surface area contributed by atoms with Gasteiger partial charge in [-0.05, 0) is 56.7 Å². The van der Waals surface area contributed by atoms with Crippen LogP contribution in [0.1, 0.15) is 61.4 Å². The fourth-order valence-corrected chi connectivity index (χ4v) is 3.87. The molecule has 33 heavy (non-hydrogen) atoms. The molecule has 2 aliphatic heterocycles. The standard InChI is InChI=1S/C25H32N2O6/c1-18-10-6-3-2-4-7-11-20(26-32-17-23(30)27-12-8-5-9-13-27)14-19-15-21(28)16-22(29)24(19)25(31)33-18/h3,6-7,11,15-16,18,28-29H,2,4-5,8-10,12-14,17H2,1H3/b6-3+,11-7+,26-20?/t18-/m1/s1. The number of benzene rings is 1. The summed E-state index contributed by atoms with van der Waals surface area (Å²) < 4.78 is 5.49. The summed E-state index contributed by atoms with van der Waals surface area (Å²) in [7, 11) is 0. The molecule has 0 aromatic heterocycles. The maximum atomic E-state index is 12.8. The first-order valence-electron chi connectivity index (χ1n) is 11.5. The van der Waals surface area contributed by atoms with Crippen molar-refractivity contribution >= 4 is 17.6 Å². The number of oxime groups is 1. The Morgan fingerprint density at radius 3 is 2.70 bits per heavy atom. The zero-order valence-corrected chi connectivity index (χ0v) is 19.0. The Morgan fingerprint density at radius 2 is 1.91 bits per heavy atom. The number of hydrogen-bond acceptors (Lipinski definition) is 7. The molecule has 0 spiro atoms. The monoisotopic (exact) mass is 456 g/mol. The minimum Gasteiger partial charge on any atom is -0.508 e. The quantitative estimate of drug-likeness (QED) is 0.406. The van der Waals surface area contributed by atoms with Gasteiger partial charge in [0.15, 0.2) is 6.61 Å². The molecule has 3 rings (SSSR count). The Balaban J connectivity index is 1.83. The van der Waals surface area contributed by atoms with Gasteiger partial charge in [0.2, 0.25) is 0 Å². The first-order chi connectivity index (χ1) is 15.9. The van der Waals surface area contributed by atoms with Crippen LogP contribution in [0.4, 0.5) is 0 Å². The minimum atomic E-state index is -0.676. The Hall–Kier alpha value is -3.29. The Bertz CT molecular complexity index is 931. The average molecular weight is 457 g/mol. The topological polar surface area (TPSA) is 109 Å². The molecule has 1 amide bonds. The van der Waals surface area contributed by atoms with E-state index < -0.39 is 5.97 Å². The number of fused-ring (bicyclic) bond motifs is 1. The van der Waals surface area contributed by atoms with E-state index in [2.05, 4.69) is 5.16 Å². The number of likely N-dealkylation sites (tertiary alicyclic amines) is 1. The van der Waals surface area contributed by atoms with Crippen LogP contribution in [0.5, 0.6) is 11.5 Å². The first-order valence-corrected chi connectivity index (χ1v) is 11.5. The summed E-state index contributed by atoms with van der Waals surface area (Å²) in [6, 6.07) is 2.50. The number of allylic oxidation sites excluding steroid dienone is 3. The molecule has 0 radical (unpaired) electrons. The number of cyclic esters (lactones) is 1. The summed E-state index contributed by atoms with van der Waals surface area (Å²) in [6.07, 6.45) is 12.7. The summed E-state index contributed by atoms with van der Waals surface area (Å²) in [5.41, 5.74) is 0.785. The number of carbonyl (C=O) groups is 2. The second-order valence-corrected chi connectivity index (χ2v) is 8.38. The first kappa shape index (κ1) is 24.4. The van der Waals surface area contributed by atoms with Gasteiger partial charge in [0, 0.05) is 32.0 Å². The molecule has 1 fully saturated rings. The van der Waals surface area contributed by atoms with Crippen molar-refractivity contribution < 1.29 is 29.4 Å². The van der Waals surface area contributed by atoms with Gasteiger partial charge in [0.05, 0.1) is 5.71 Å². The number of aromatic hydroxyl groups is 2. The normalized spacial score (nSPS) is 23.2. The highest BCUT2D eigenvalue weighted by atomic mass is 16.6. The molecule has 8 nitrogen and oxygen atoms in total. The van der Waals surface area contributed by atoms with E-state index in [9.17, 15) is 19.8 Å². The number of esters is 1. The van der Waals surface area contributed by atoms with Crippen molar-refractivity contribution in [2.24, 2.45) is 5.16 Å². The zero-order valence-electron chi connectivity index (χ0n) is 19.0. The predicted octanol–water partition coefficient (Wildman–Crippen LogP) is 3.87. The SMILES string of the molecule is C[C@@H]1C/C=C/CC/C=C/C(=NOCC(=O)N2CCCCC2)Cc2cc(O)cc(O)c2C(=O)O1. The number of nitrogens with zero attached hydrogens (tertiary/aromatic N) is 2. The molecular formula is C25H32N2O6. The highest BCUT2D eigenvalue weighted by molar-refractivity contribution is 6.00. The number of carbonyl (C=O) groups excluding carboxylic acids is 2. The van der Waals surface area contributed by atoms with Gasteiger partial charge in [-0.2, -0.15) is 0 Å². The van der Waals surface area contributed by atoms with Gasteiger partial charge >= 0.3 is 5.97 Å². The van der Waals surface area contributed by atoms with E-state index in [4.69, 9.17) is 9.57 Å². The van der Waals surface area contributed by atoms with Crippen molar-refractivity contribution in [3.63, 3.8) is 0 Å². The molecule has 2 N–H and O–H groups in total. The number of hydrogen-bond donors (Lipinski definition) is 2. The molecule has 8 heteroatoms. The molecule has 0 unspecified atom stereocenters. The van der Waals surface area contributed by atoms with Gasteiger partial charge in [-0.25, -0.2) is 4.79 Å². The van der Waals surface area contributed by atoms with Gasteiger partial charge in [0.25, 0.3) is 5.91 Å². The smallest absolute Gasteiger partial charge is 0.342 e. The van der Waals surface area contributed by atoms with E-state index in [0.29, 0.717) is 17.7 Å². The summed E-state index contributed by atoms with van der Waals surface area (Å²) in [5, 5.41) is 24.5. The van der Waals surface area contributed by atoms with Crippen molar-refractivity contribution in [3.05, 3.63) is 47.6 Å². The molecule has 1 atom stereocenters. The Kier molecular flexibility index (Phi) is 8.92. The van der Waals surface area contributed by atoms with Crippen molar-refractivity contribution in [2.45, 2.75) is 58.0 Å². The van der Waals surface area contributed by atoms with Gasteiger partial charge in [-0.3, -0.25) is 4.79 Å². The summed E-state index contributed by atoms with van der Waals surface area (Å²) in [6.45, 7) is 3.08. The molecule has 178 valence electrons. The number of amides is 1. The van der Waals surface area contributed by atoms with Crippen LogP contribution in [0.25, 0.3) is 0 Å². The maximum absolute atomic E-state index is 12.8. The number of rotatable bonds is 3. The molecule has 0 bridgehead atoms. The lowest BCUT2D eigenvalue weighted by Crippen LogP contribution is -2.37. The zero-order chi connectivity index (χ0) is 23.6. The Labute approximate surface area is 194 Å². The summed E-state index contributed by atoms with van der Waals surface area (Å²) in [4.78, 5) is 32.3. The number of ether oxygens (including phenoxy) is 1. The van der Waals surface area contributed by atoms with Crippen LogP contribution in [0.15, 0.2) is 41.6 Å². The van der Waals surface area contributed by atoms with E-state index in [1.54, 1.807) is 17.9 Å². The van der Waals surface area contributed by atoms with E-state index in [-0.39, 0.29) is 42.1 Å². The van der Waals surface area contributed by atoms with Gasteiger partial charge in [-0.1, -0.05) is 23.4 Å². The maximum Gasteiger partial charge on any atom is 0.342 e. The van der Waals surface area contributed by atoms with Crippen molar-refractivity contribution in [1.82, 2.24) is 4.90 Å². The highest BCUT2D eigenvalue weighted by Crippen LogP contribution is 2.29. The molecule has 2 aliphatic rings. The molecule has 1 saturated heterocycles. The second kappa shape index (κ2) is 12.1. The van der Waals surface area contributed by atoms with Crippen molar-refractivity contribution in [2.75, 3.05) is 19.7 Å². The van der Waals surface area contributed by atoms with E-state index >= 15 is 0 Å². The summed E-state index contributed by atoms with van der Waals surface area (Å²) >= 11 is 0. The average Bonchev–Trinajstić information content (AvgIpc) is 2.77. The molecular weight excluding hydrogens is 424 g/mol. The van der Waals surface area contributed by atoms with Gasteiger partial charge in [0.1, 0.15) is 23.2 Å². The molecule has 0 aliphatic carbocycles. The lowest BCUT2D eigenvalue weighted by Gasteiger charge is -2.26. The highest BCUT2D eigenvalue weighted by Gasteiger charge is 2.22. The van der Waals surface area contributed by atoms with Crippen LogP contribution >= 0.6 is 0 Å². The van der Waals surface area contributed by atoms with E-state index in [0.717, 1.165) is 51.3 Å². The fourth-order valence-electron chi connectivity index (χ4n) is 3.87. The number of phenols is 2. The van der Waals surface area contributed by atoms with Gasteiger partial charge < -0.3 is 24.7 Å². The van der Waals surface area contributed by atoms with Gasteiger partial charge in [-0.15, -0.1) is 0 Å². The van der Waals surface area contributed by atoms with Crippen LogP contribution in [0, 0.1) is 0 Å². The van der Waals surface area contributed by atoms with Crippen molar-refractivity contribution in [1.29, 1.82) is 0 Å². The second-order valence-electron chi connectivity index (χ2n) is 8.38. The Morgan fingerprint density at radius 1 is 1.15 bits per heavy atom. The van der Waals surface area contributed by atoms with Crippen LogP contribution in [-0.2, 0) is 20.8 Å². The van der Waals surface area contributed by atoms with E-state index in [1.807, 2.05) is 18.2 Å². The van der Waals surface area contributed by atoms with Crippen LogP contribution in [0.3, 0.4) is 0 Å². The van der Waals surface area contributed by atoms with Crippen LogP contribution in [0.2, 0.25) is 0 Å². The van der Waals surface area contributed by atoms with E-state index in [1.165, 1.54) is 6.07 Å². The number of phenolic OH excluding ortho intramolecular Hbond substituents is 2. The summed E-state index contributed by atoms with van der Waals surface area (Å²) in [5.74, 6) is -1.33. The molecule has 2 heterocycles. The fraction of sp³-hybridized carbons (Fsp3) is 0.480. The molecule has 1 aromatic carbocycles. The number of piperidine rings is 1. The minimum absolute atomic E-state index is 0.0221. The lowest BCUT2D eigenvalue weighted by atomic mass is 9.99. The third-order valence-electron chi connectivity index (χ3n) is 5.59.